The summed E-state index contributed by atoms with van der Waals surface area (Å²) >= 11 is 0. The molecule has 1 saturated heterocycles. The first kappa shape index (κ1) is 23.8. The summed E-state index contributed by atoms with van der Waals surface area (Å²) in [5, 5.41) is 3.46. The van der Waals surface area contributed by atoms with Crippen LogP contribution in [0.15, 0.2) is 29.3 Å². The molecule has 0 amide bonds. The van der Waals surface area contributed by atoms with Crippen LogP contribution in [0.3, 0.4) is 0 Å². The van der Waals surface area contributed by atoms with Crippen molar-refractivity contribution in [3.8, 4) is 5.75 Å². The lowest BCUT2D eigenvalue weighted by molar-refractivity contribution is 0.129. The summed E-state index contributed by atoms with van der Waals surface area (Å²) in [6.45, 7) is 8.65. The van der Waals surface area contributed by atoms with E-state index < -0.39 is 0 Å². The number of ether oxygens (including phenoxy) is 2. The van der Waals surface area contributed by atoms with Crippen molar-refractivity contribution >= 4 is 35.6 Å². The van der Waals surface area contributed by atoms with E-state index in [-0.39, 0.29) is 24.0 Å². The lowest BCUT2D eigenvalue weighted by Gasteiger charge is -2.37. The van der Waals surface area contributed by atoms with Crippen LogP contribution >= 0.6 is 24.0 Å². The van der Waals surface area contributed by atoms with Gasteiger partial charge >= 0.3 is 0 Å². The van der Waals surface area contributed by atoms with Gasteiger partial charge < -0.3 is 24.6 Å². The fraction of sp³-hybridized carbons (Fsp3) is 0.650. The number of benzene rings is 1. The van der Waals surface area contributed by atoms with Crippen molar-refractivity contribution in [2.45, 2.75) is 26.2 Å². The Morgan fingerprint density at radius 3 is 2.56 bits per heavy atom. The second-order valence-electron chi connectivity index (χ2n) is 6.47. The van der Waals surface area contributed by atoms with Crippen LogP contribution in [-0.4, -0.2) is 71.0 Å². The number of guanidine groups is 1. The highest BCUT2D eigenvalue weighted by Crippen LogP contribution is 2.22. The highest BCUT2D eigenvalue weighted by atomic mass is 127. The number of rotatable bonds is 9. The van der Waals surface area contributed by atoms with Gasteiger partial charge in [-0.05, 0) is 25.0 Å². The van der Waals surface area contributed by atoms with Crippen molar-refractivity contribution in [1.82, 2.24) is 10.2 Å². The van der Waals surface area contributed by atoms with E-state index in [2.05, 4.69) is 39.2 Å². The summed E-state index contributed by atoms with van der Waals surface area (Å²) in [6.07, 6.45) is 3.34. The molecule has 1 N–H and O–H groups in total. The maximum atomic E-state index is 5.61. The van der Waals surface area contributed by atoms with Crippen LogP contribution in [0.5, 0.6) is 5.75 Å². The molecule has 0 aliphatic carbocycles. The summed E-state index contributed by atoms with van der Waals surface area (Å²) in [5.74, 6) is 1.90. The number of methoxy groups -OCH3 is 1. The lowest BCUT2D eigenvalue weighted by Crippen LogP contribution is -2.52. The Morgan fingerprint density at radius 2 is 1.89 bits per heavy atom. The molecule has 1 aromatic rings. The number of nitrogens with zero attached hydrogens (tertiary/aromatic N) is 3. The van der Waals surface area contributed by atoms with Crippen LogP contribution in [0.4, 0.5) is 5.69 Å². The SMILES string of the molecule is CCCCOCCCNC(=NC)N1CCN(c2cccc(OC)c2)CC1.I. The van der Waals surface area contributed by atoms with Crippen molar-refractivity contribution in [3.63, 3.8) is 0 Å². The van der Waals surface area contributed by atoms with Crippen molar-refractivity contribution in [1.29, 1.82) is 0 Å². The Kier molecular flexibility index (Phi) is 12.2. The van der Waals surface area contributed by atoms with E-state index in [1.165, 1.54) is 12.1 Å². The number of anilines is 1. The summed E-state index contributed by atoms with van der Waals surface area (Å²) in [6, 6.07) is 8.27. The van der Waals surface area contributed by atoms with Gasteiger partial charge in [0.25, 0.3) is 0 Å². The van der Waals surface area contributed by atoms with Crippen molar-refractivity contribution < 1.29 is 9.47 Å². The van der Waals surface area contributed by atoms with Crippen LogP contribution in [0.25, 0.3) is 0 Å². The average molecular weight is 490 g/mol. The van der Waals surface area contributed by atoms with Gasteiger partial charge in [-0.1, -0.05) is 19.4 Å². The summed E-state index contributed by atoms with van der Waals surface area (Å²) in [4.78, 5) is 9.16. The van der Waals surface area contributed by atoms with Gasteiger partial charge in [-0.3, -0.25) is 4.99 Å². The zero-order valence-corrected chi connectivity index (χ0v) is 19.3. The van der Waals surface area contributed by atoms with Gasteiger partial charge in [-0.2, -0.15) is 0 Å². The van der Waals surface area contributed by atoms with E-state index in [0.29, 0.717) is 0 Å². The Morgan fingerprint density at radius 1 is 1.15 bits per heavy atom. The molecule has 1 aliphatic rings. The van der Waals surface area contributed by atoms with Crippen molar-refractivity contribution in [2.24, 2.45) is 4.99 Å². The van der Waals surface area contributed by atoms with Crippen LogP contribution in [-0.2, 0) is 4.74 Å². The monoisotopic (exact) mass is 490 g/mol. The molecule has 1 fully saturated rings. The Hall–Kier alpha value is -1.22. The van der Waals surface area contributed by atoms with Crippen LogP contribution in [0, 0.1) is 0 Å². The molecule has 0 bridgehead atoms. The number of nitrogens with one attached hydrogen (secondary N) is 1. The highest BCUT2D eigenvalue weighted by Gasteiger charge is 2.19. The Balaban J connectivity index is 0.00000364. The summed E-state index contributed by atoms with van der Waals surface area (Å²) in [7, 11) is 3.57. The van der Waals surface area contributed by atoms with Gasteiger partial charge in [0.2, 0.25) is 0 Å². The third-order valence-electron chi connectivity index (χ3n) is 4.60. The van der Waals surface area contributed by atoms with E-state index in [1.54, 1.807) is 7.11 Å². The number of aliphatic imine (C=N–C) groups is 1. The second kappa shape index (κ2) is 13.9. The van der Waals surface area contributed by atoms with Gasteiger partial charge in [0.15, 0.2) is 5.96 Å². The van der Waals surface area contributed by atoms with Crippen LogP contribution < -0.4 is 15.0 Å². The van der Waals surface area contributed by atoms with E-state index in [9.17, 15) is 0 Å². The first-order valence-corrected chi connectivity index (χ1v) is 9.70. The largest absolute Gasteiger partial charge is 0.497 e. The number of halogens is 1. The zero-order chi connectivity index (χ0) is 18.6. The van der Waals surface area contributed by atoms with Crippen molar-refractivity contribution in [3.05, 3.63) is 24.3 Å². The third-order valence-corrected chi connectivity index (χ3v) is 4.60. The molecular weight excluding hydrogens is 455 g/mol. The molecule has 1 heterocycles. The quantitative estimate of drug-likeness (QED) is 0.249. The predicted molar refractivity (Wildman–Crippen MR) is 124 cm³/mol. The van der Waals surface area contributed by atoms with Crippen molar-refractivity contribution in [2.75, 3.05) is 65.0 Å². The molecule has 7 heteroatoms. The number of piperazine rings is 1. The first-order valence-electron chi connectivity index (χ1n) is 9.70. The smallest absolute Gasteiger partial charge is 0.193 e. The second-order valence-corrected chi connectivity index (χ2v) is 6.47. The number of unbranched alkanes of at least 4 members (excludes halogenated alkanes) is 1. The highest BCUT2D eigenvalue weighted by molar-refractivity contribution is 14.0. The van der Waals surface area contributed by atoms with Crippen LogP contribution in [0.1, 0.15) is 26.2 Å². The third kappa shape index (κ3) is 8.13. The molecule has 27 heavy (non-hydrogen) atoms. The lowest BCUT2D eigenvalue weighted by atomic mass is 10.2. The fourth-order valence-corrected chi connectivity index (χ4v) is 3.04. The maximum Gasteiger partial charge on any atom is 0.193 e. The van der Waals surface area contributed by atoms with E-state index >= 15 is 0 Å². The minimum absolute atomic E-state index is 0. The Bertz CT molecular complexity index is 549. The average Bonchev–Trinajstić information content (AvgIpc) is 2.70. The molecule has 0 atom stereocenters. The molecule has 154 valence electrons. The minimum Gasteiger partial charge on any atom is -0.497 e. The molecule has 0 saturated carbocycles. The molecule has 0 aromatic heterocycles. The Labute approximate surface area is 181 Å². The van der Waals surface area contributed by atoms with E-state index in [1.807, 2.05) is 19.2 Å². The normalized spacial score (nSPS) is 14.7. The van der Waals surface area contributed by atoms with E-state index in [0.717, 1.165) is 70.5 Å². The standard InChI is InChI=1S/C20H34N4O2.HI/c1-4-5-15-26-16-7-10-22-20(21-2)24-13-11-23(12-14-24)18-8-6-9-19(17-18)25-3;/h6,8-9,17H,4-5,7,10-16H2,1-3H3,(H,21,22);1H. The number of hydrogen-bond donors (Lipinski definition) is 1. The summed E-state index contributed by atoms with van der Waals surface area (Å²) in [5.41, 5.74) is 1.22. The topological polar surface area (TPSA) is 49.3 Å². The molecule has 2 rings (SSSR count). The minimum atomic E-state index is 0. The van der Waals surface area contributed by atoms with Gasteiger partial charge in [0.1, 0.15) is 5.75 Å². The summed E-state index contributed by atoms with van der Waals surface area (Å²) < 4.78 is 10.9. The molecule has 0 spiro atoms. The van der Waals surface area contributed by atoms with Gasteiger partial charge in [-0.15, -0.1) is 24.0 Å². The molecule has 0 unspecified atom stereocenters. The molecule has 1 aliphatic heterocycles. The fourth-order valence-electron chi connectivity index (χ4n) is 3.04. The molecule has 0 radical (unpaired) electrons. The first-order chi connectivity index (χ1) is 12.8. The van der Waals surface area contributed by atoms with Gasteiger partial charge in [0.05, 0.1) is 7.11 Å². The molecule has 1 aromatic carbocycles. The maximum absolute atomic E-state index is 5.61. The zero-order valence-electron chi connectivity index (χ0n) is 16.9. The predicted octanol–water partition coefficient (Wildman–Crippen LogP) is 3.22. The van der Waals surface area contributed by atoms with Gasteiger partial charge in [0, 0.05) is 64.7 Å². The molecule has 6 nitrogen and oxygen atoms in total. The van der Waals surface area contributed by atoms with E-state index in [4.69, 9.17) is 9.47 Å². The van der Waals surface area contributed by atoms with Crippen LogP contribution in [0.2, 0.25) is 0 Å². The van der Waals surface area contributed by atoms with Gasteiger partial charge in [-0.25, -0.2) is 0 Å². The molecular formula is C20H35IN4O2. The number of hydrogen-bond acceptors (Lipinski definition) is 4.